The van der Waals surface area contributed by atoms with Gasteiger partial charge in [-0.05, 0) is 71.1 Å². The van der Waals surface area contributed by atoms with Crippen molar-refractivity contribution in [3.8, 4) is 23.0 Å². The largest absolute Gasteiger partial charge is 0.457 e. The van der Waals surface area contributed by atoms with E-state index in [2.05, 4.69) is 168 Å². The summed E-state index contributed by atoms with van der Waals surface area (Å²) in [5, 5.41) is 2.36. The summed E-state index contributed by atoms with van der Waals surface area (Å²) in [6.07, 6.45) is 4.09. The Bertz CT molecular complexity index is 2360. The van der Waals surface area contributed by atoms with Crippen molar-refractivity contribution in [3.05, 3.63) is 157 Å². The summed E-state index contributed by atoms with van der Waals surface area (Å²) in [7, 11) is 0. The first-order valence-electron chi connectivity index (χ1n) is 15.7. The lowest BCUT2D eigenvalue weighted by Gasteiger charge is -2.20. The molecule has 5 heteroatoms. The van der Waals surface area contributed by atoms with Gasteiger partial charge in [0, 0.05) is 29.1 Å². The summed E-state index contributed by atoms with van der Waals surface area (Å²) in [4.78, 5) is 4.83. The van der Waals surface area contributed by atoms with Crippen LogP contribution in [-0.2, 0) is 12.0 Å². The molecule has 0 saturated carbocycles. The number of aromatic nitrogens is 4. The molecule has 3 aromatic heterocycles. The second kappa shape index (κ2) is 11.0. The van der Waals surface area contributed by atoms with Crippen molar-refractivity contribution < 1.29 is 9.30 Å². The number of pyridine rings is 1. The predicted octanol–water partition coefficient (Wildman–Crippen LogP) is 9.55. The van der Waals surface area contributed by atoms with Crippen LogP contribution in [0.1, 0.15) is 31.9 Å². The van der Waals surface area contributed by atoms with E-state index < -0.39 is 0 Å². The molecule has 0 N–H and O–H groups in total. The van der Waals surface area contributed by atoms with E-state index >= 15 is 0 Å². The van der Waals surface area contributed by atoms with Gasteiger partial charge in [-0.1, -0.05) is 87.5 Å². The molecule has 5 aromatic carbocycles. The third kappa shape index (κ3) is 5.00. The van der Waals surface area contributed by atoms with Crippen molar-refractivity contribution in [1.29, 1.82) is 0 Å². The molecule has 0 aliphatic carbocycles. The van der Waals surface area contributed by atoms with Gasteiger partial charge in [-0.2, -0.15) is 4.57 Å². The third-order valence-electron chi connectivity index (χ3n) is 8.72. The van der Waals surface area contributed by atoms with E-state index in [0.717, 1.165) is 46.1 Å². The monoisotopic (exact) mass is 599 g/mol. The summed E-state index contributed by atoms with van der Waals surface area (Å²) in [6.45, 7) is 7.50. The van der Waals surface area contributed by atoms with E-state index in [0.29, 0.717) is 0 Å². The van der Waals surface area contributed by atoms with Crippen LogP contribution in [0.25, 0.3) is 44.3 Å². The molecule has 224 valence electrons. The highest BCUT2D eigenvalue weighted by Crippen LogP contribution is 2.36. The summed E-state index contributed by atoms with van der Waals surface area (Å²) < 4.78 is 13.4. The number of ether oxygens (including phenoxy) is 1. The van der Waals surface area contributed by atoms with Gasteiger partial charge in [-0.3, -0.25) is 4.57 Å². The maximum absolute atomic E-state index is 6.57. The number of hydrogen-bond donors (Lipinski definition) is 0. The maximum atomic E-state index is 6.57. The van der Waals surface area contributed by atoms with E-state index in [-0.39, 0.29) is 5.41 Å². The molecule has 8 rings (SSSR count). The molecule has 8 aromatic rings. The zero-order valence-electron chi connectivity index (χ0n) is 26.3. The fourth-order valence-corrected chi connectivity index (χ4v) is 6.39. The van der Waals surface area contributed by atoms with Crippen LogP contribution in [0.5, 0.6) is 11.5 Å². The number of nitrogens with zero attached hydrogens (tertiary/aromatic N) is 4. The highest BCUT2D eigenvalue weighted by molar-refractivity contribution is 6.09. The highest BCUT2D eigenvalue weighted by Gasteiger charge is 2.20. The average molecular weight is 600 g/mol. The quantitative estimate of drug-likeness (QED) is 0.179. The molecule has 0 fully saturated rings. The first kappa shape index (κ1) is 27.8. The Morgan fingerprint density at radius 2 is 1.39 bits per heavy atom. The fraction of sp³-hybridized carbons (Fsp3) is 0.122. The zero-order valence-corrected chi connectivity index (χ0v) is 26.3. The van der Waals surface area contributed by atoms with Gasteiger partial charge in [-0.25, -0.2) is 9.55 Å². The van der Waals surface area contributed by atoms with Gasteiger partial charge >= 0.3 is 0 Å². The lowest BCUT2D eigenvalue weighted by Crippen LogP contribution is -2.32. The molecule has 3 heterocycles. The van der Waals surface area contributed by atoms with Gasteiger partial charge in [0.1, 0.15) is 29.5 Å². The van der Waals surface area contributed by atoms with Crippen LogP contribution >= 0.6 is 0 Å². The van der Waals surface area contributed by atoms with Crippen molar-refractivity contribution in [1.82, 2.24) is 14.1 Å². The standard InChI is InChI=1S/C41H35N4O/c1-41(2,3)30-22-23-42-40(24-30)45-36-17-8-7-16-34(36)35-21-20-33(26-39(35)45)46-32-15-11-14-31(25-32)44-28-43(27-29-12-5-4-6-13-29)37-18-9-10-19-38(37)44/h4-26,28H,27H2,1-3H3/q+1. The number of imidazole rings is 1. The Labute approximate surface area is 268 Å². The Hall–Kier alpha value is -5.68. The highest BCUT2D eigenvalue weighted by atomic mass is 16.5. The molecule has 0 saturated heterocycles. The van der Waals surface area contributed by atoms with Crippen LogP contribution in [0, 0.1) is 0 Å². The third-order valence-corrected chi connectivity index (χ3v) is 8.72. The van der Waals surface area contributed by atoms with E-state index in [4.69, 9.17) is 9.72 Å². The molecule has 0 unspecified atom stereocenters. The van der Waals surface area contributed by atoms with Gasteiger partial charge in [-0.15, -0.1) is 0 Å². The second-order valence-electron chi connectivity index (χ2n) is 12.9. The van der Waals surface area contributed by atoms with Crippen LogP contribution in [-0.4, -0.2) is 14.1 Å². The molecule has 5 nitrogen and oxygen atoms in total. The molecule has 0 aliphatic heterocycles. The van der Waals surface area contributed by atoms with E-state index in [1.54, 1.807) is 0 Å². The molecule has 0 aliphatic rings. The van der Waals surface area contributed by atoms with Crippen LogP contribution in [0.15, 0.2) is 146 Å². The number of rotatable bonds is 6. The first-order valence-corrected chi connectivity index (χ1v) is 15.7. The topological polar surface area (TPSA) is 35.9 Å². The molecule has 0 spiro atoms. The average Bonchev–Trinajstić information content (AvgIpc) is 3.60. The second-order valence-corrected chi connectivity index (χ2v) is 12.9. The SMILES string of the molecule is CC(C)(C)c1ccnc(-n2c3ccccc3c3ccc(Oc4cccc(-n5c[n+](Cc6ccccc6)c6ccccc65)c4)cc32)c1. The van der Waals surface area contributed by atoms with E-state index in [1.165, 1.54) is 27.4 Å². The Morgan fingerprint density at radius 3 is 2.24 bits per heavy atom. The van der Waals surface area contributed by atoms with E-state index in [1.807, 2.05) is 12.3 Å². The smallest absolute Gasteiger partial charge is 0.250 e. The summed E-state index contributed by atoms with van der Waals surface area (Å²) in [6, 6.07) is 46.6. The van der Waals surface area contributed by atoms with E-state index in [9.17, 15) is 0 Å². The minimum absolute atomic E-state index is 0.0155. The van der Waals surface area contributed by atoms with Gasteiger partial charge in [0.2, 0.25) is 6.33 Å². The predicted molar refractivity (Wildman–Crippen MR) is 186 cm³/mol. The number of benzene rings is 5. The number of hydrogen-bond acceptors (Lipinski definition) is 2. The summed E-state index contributed by atoms with van der Waals surface area (Å²) >= 11 is 0. The number of fused-ring (bicyclic) bond motifs is 4. The van der Waals surface area contributed by atoms with Crippen molar-refractivity contribution in [2.24, 2.45) is 0 Å². The normalized spacial score (nSPS) is 11.9. The summed E-state index contributed by atoms with van der Waals surface area (Å²) in [5.74, 6) is 2.46. The van der Waals surface area contributed by atoms with Gasteiger partial charge < -0.3 is 4.74 Å². The van der Waals surface area contributed by atoms with Crippen LogP contribution in [0.3, 0.4) is 0 Å². The van der Waals surface area contributed by atoms with Crippen molar-refractivity contribution in [3.63, 3.8) is 0 Å². The van der Waals surface area contributed by atoms with Crippen molar-refractivity contribution in [2.45, 2.75) is 32.7 Å². The molecule has 46 heavy (non-hydrogen) atoms. The molecular weight excluding hydrogens is 564 g/mol. The maximum Gasteiger partial charge on any atom is 0.250 e. The lowest BCUT2D eigenvalue weighted by atomic mass is 9.88. The van der Waals surface area contributed by atoms with Gasteiger partial charge in [0.15, 0.2) is 11.0 Å². The Morgan fingerprint density at radius 1 is 0.652 bits per heavy atom. The fourth-order valence-electron chi connectivity index (χ4n) is 6.39. The molecular formula is C41H35N4O+. The Balaban J connectivity index is 1.18. The van der Waals surface area contributed by atoms with Crippen LogP contribution < -0.4 is 9.30 Å². The Kier molecular flexibility index (Phi) is 6.68. The minimum atomic E-state index is 0.0155. The van der Waals surface area contributed by atoms with Gasteiger partial charge in [0.25, 0.3) is 0 Å². The molecule has 0 radical (unpaired) electrons. The van der Waals surface area contributed by atoms with Crippen molar-refractivity contribution >= 4 is 32.8 Å². The van der Waals surface area contributed by atoms with Crippen LogP contribution in [0.2, 0.25) is 0 Å². The molecule has 0 atom stereocenters. The molecule has 0 amide bonds. The first-order chi connectivity index (χ1) is 22.4. The van der Waals surface area contributed by atoms with Crippen LogP contribution in [0.4, 0.5) is 0 Å². The van der Waals surface area contributed by atoms with Gasteiger partial charge in [0.05, 0.1) is 11.0 Å². The number of para-hydroxylation sites is 3. The lowest BCUT2D eigenvalue weighted by molar-refractivity contribution is -0.662. The summed E-state index contributed by atoms with van der Waals surface area (Å²) in [5.41, 5.74) is 8.08. The zero-order chi connectivity index (χ0) is 31.3. The minimum Gasteiger partial charge on any atom is -0.457 e. The van der Waals surface area contributed by atoms with Crippen molar-refractivity contribution in [2.75, 3.05) is 0 Å². The molecule has 0 bridgehead atoms.